The van der Waals surface area contributed by atoms with Gasteiger partial charge in [0.15, 0.2) is 0 Å². The first-order valence-electron chi connectivity index (χ1n) is 10.0. The number of nitrogens with zero attached hydrogens (tertiary/aromatic N) is 1. The van der Waals surface area contributed by atoms with Gasteiger partial charge >= 0.3 is 5.97 Å². The fourth-order valence-corrected chi connectivity index (χ4v) is 4.96. The summed E-state index contributed by atoms with van der Waals surface area (Å²) in [5, 5.41) is 0.668. The minimum atomic E-state index is -0.556. The number of carbonyl (C=O) groups is 2. The highest BCUT2D eigenvalue weighted by molar-refractivity contribution is 7.99. The van der Waals surface area contributed by atoms with E-state index in [0.717, 1.165) is 31.2 Å². The van der Waals surface area contributed by atoms with Crippen molar-refractivity contribution in [1.82, 2.24) is 4.90 Å². The van der Waals surface area contributed by atoms with Crippen LogP contribution >= 0.6 is 35.0 Å². The third kappa shape index (κ3) is 6.30. The van der Waals surface area contributed by atoms with Crippen LogP contribution in [0.5, 0.6) is 0 Å². The maximum absolute atomic E-state index is 13.0. The number of thioether (sulfide) groups is 1. The highest BCUT2D eigenvalue weighted by atomic mass is 35.5. The number of rotatable bonds is 10. The van der Waals surface area contributed by atoms with E-state index in [1.165, 1.54) is 12.8 Å². The quantitative estimate of drug-likeness (QED) is 0.315. The zero-order valence-electron chi connectivity index (χ0n) is 16.6. The summed E-state index contributed by atoms with van der Waals surface area (Å²) in [6.07, 6.45) is 6.56. The maximum Gasteiger partial charge on any atom is 0.329 e. The predicted molar refractivity (Wildman–Crippen MR) is 117 cm³/mol. The van der Waals surface area contributed by atoms with E-state index in [-0.39, 0.29) is 17.3 Å². The molecule has 2 atom stereocenters. The number of unbranched alkanes of at least 4 members (excludes halogenated alkanes) is 4. The van der Waals surface area contributed by atoms with Crippen molar-refractivity contribution in [3.8, 4) is 0 Å². The fourth-order valence-electron chi connectivity index (χ4n) is 3.22. The first-order valence-corrected chi connectivity index (χ1v) is 11.8. The molecule has 1 aliphatic rings. The first-order chi connectivity index (χ1) is 13.5. The molecule has 0 radical (unpaired) electrons. The summed E-state index contributed by atoms with van der Waals surface area (Å²) in [6, 6.07) is 4.82. The molecule has 0 aromatic heterocycles. The zero-order valence-corrected chi connectivity index (χ0v) is 18.9. The second-order valence-electron chi connectivity index (χ2n) is 7.01. The highest BCUT2D eigenvalue weighted by Crippen LogP contribution is 2.43. The second-order valence-corrected chi connectivity index (χ2v) is 8.94. The van der Waals surface area contributed by atoms with E-state index in [9.17, 15) is 9.59 Å². The van der Waals surface area contributed by atoms with E-state index in [4.69, 9.17) is 27.9 Å². The molecule has 0 bridgehead atoms. The van der Waals surface area contributed by atoms with Gasteiger partial charge in [-0.1, -0.05) is 68.8 Å². The molecular weight excluding hydrogens is 417 g/mol. The van der Waals surface area contributed by atoms with Gasteiger partial charge in [-0.3, -0.25) is 4.79 Å². The summed E-state index contributed by atoms with van der Waals surface area (Å²) in [5.74, 6) is 0.196. The van der Waals surface area contributed by atoms with Gasteiger partial charge in [0.2, 0.25) is 5.91 Å². The van der Waals surface area contributed by atoms with Crippen LogP contribution in [0.2, 0.25) is 10.0 Å². The van der Waals surface area contributed by atoms with Crippen molar-refractivity contribution in [2.24, 2.45) is 0 Å². The molecule has 156 valence electrons. The Morgan fingerprint density at radius 1 is 1.11 bits per heavy atom. The van der Waals surface area contributed by atoms with Gasteiger partial charge in [-0.2, -0.15) is 0 Å². The molecule has 0 spiro atoms. The topological polar surface area (TPSA) is 46.6 Å². The molecule has 2 unspecified atom stereocenters. The van der Waals surface area contributed by atoms with Crippen LogP contribution in [-0.2, 0) is 14.3 Å². The molecule has 4 nitrogen and oxygen atoms in total. The van der Waals surface area contributed by atoms with Gasteiger partial charge in [0.25, 0.3) is 0 Å². The molecule has 2 rings (SSSR count). The van der Waals surface area contributed by atoms with E-state index in [1.807, 2.05) is 13.0 Å². The Kier molecular flexibility index (Phi) is 9.96. The van der Waals surface area contributed by atoms with E-state index < -0.39 is 6.04 Å². The summed E-state index contributed by atoms with van der Waals surface area (Å²) >= 11 is 13.8. The van der Waals surface area contributed by atoms with Gasteiger partial charge in [-0.05, 0) is 30.5 Å². The van der Waals surface area contributed by atoms with Crippen molar-refractivity contribution in [3.05, 3.63) is 33.8 Å². The lowest BCUT2D eigenvalue weighted by atomic mass is 10.1. The zero-order chi connectivity index (χ0) is 20.5. The van der Waals surface area contributed by atoms with Crippen LogP contribution in [0.25, 0.3) is 0 Å². The highest BCUT2D eigenvalue weighted by Gasteiger charge is 2.42. The summed E-state index contributed by atoms with van der Waals surface area (Å²) in [4.78, 5) is 27.3. The Morgan fingerprint density at radius 3 is 2.54 bits per heavy atom. The molecule has 0 N–H and O–H groups in total. The van der Waals surface area contributed by atoms with Crippen molar-refractivity contribution in [3.63, 3.8) is 0 Å². The lowest BCUT2D eigenvalue weighted by molar-refractivity contribution is -0.154. The van der Waals surface area contributed by atoms with Crippen molar-refractivity contribution < 1.29 is 14.3 Å². The van der Waals surface area contributed by atoms with Crippen LogP contribution in [0.1, 0.15) is 69.7 Å². The standard InChI is InChI=1S/C21H29Cl2NO3S/c1-3-5-6-7-8-9-19(25)24-18(21(26)27-12-4-2)14-28-20(24)15-10-11-16(22)17(23)13-15/h10-11,13,18,20H,3-9,12,14H2,1-2H3. The number of esters is 1. The number of benzene rings is 1. The van der Waals surface area contributed by atoms with Crippen LogP contribution in [0.4, 0.5) is 0 Å². The Labute approximate surface area is 182 Å². The molecule has 0 saturated carbocycles. The number of halogens is 2. The van der Waals surface area contributed by atoms with Crippen molar-refractivity contribution in [2.45, 2.75) is 70.2 Å². The smallest absolute Gasteiger partial charge is 0.329 e. The van der Waals surface area contributed by atoms with E-state index in [1.54, 1.807) is 28.8 Å². The van der Waals surface area contributed by atoms with Crippen LogP contribution < -0.4 is 0 Å². The normalized spacial score (nSPS) is 19.1. The Bertz CT molecular complexity index is 671. The average molecular weight is 446 g/mol. The maximum atomic E-state index is 13.0. The van der Waals surface area contributed by atoms with Gasteiger partial charge in [-0.25, -0.2) is 4.79 Å². The van der Waals surface area contributed by atoms with Gasteiger partial charge in [0, 0.05) is 12.2 Å². The summed E-state index contributed by atoms with van der Waals surface area (Å²) in [5.41, 5.74) is 0.879. The van der Waals surface area contributed by atoms with Crippen LogP contribution in [-0.4, -0.2) is 35.2 Å². The SMILES string of the molecule is CCCCCCCC(=O)N1C(C(=O)OCCC)CSC1c1ccc(Cl)c(Cl)c1. The molecule has 1 saturated heterocycles. The molecule has 1 amide bonds. The van der Waals surface area contributed by atoms with E-state index in [0.29, 0.717) is 28.8 Å². The summed E-state index contributed by atoms with van der Waals surface area (Å²) in [6.45, 7) is 4.49. The van der Waals surface area contributed by atoms with E-state index >= 15 is 0 Å². The Hall–Kier alpha value is -0.910. The monoisotopic (exact) mass is 445 g/mol. The van der Waals surface area contributed by atoms with Crippen LogP contribution in [0.3, 0.4) is 0 Å². The van der Waals surface area contributed by atoms with E-state index in [2.05, 4.69) is 6.92 Å². The molecule has 1 aromatic rings. The van der Waals surface area contributed by atoms with Gasteiger partial charge in [-0.15, -0.1) is 11.8 Å². The third-order valence-corrected chi connectivity index (χ3v) is 6.79. The molecule has 0 aliphatic carbocycles. The number of hydrogen-bond acceptors (Lipinski definition) is 4. The third-order valence-electron chi connectivity index (χ3n) is 4.73. The molecule has 28 heavy (non-hydrogen) atoms. The average Bonchev–Trinajstić information content (AvgIpc) is 3.13. The molecular formula is C21H29Cl2NO3S. The fraction of sp³-hybridized carbons (Fsp3) is 0.619. The van der Waals surface area contributed by atoms with Crippen LogP contribution in [0, 0.1) is 0 Å². The van der Waals surface area contributed by atoms with Crippen LogP contribution in [0.15, 0.2) is 18.2 Å². The van der Waals surface area contributed by atoms with Crippen molar-refractivity contribution in [2.75, 3.05) is 12.4 Å². The number of carbonyl (C=O) groups excluding carboxylic acids is 2. The van der Waals surface area contributed by atoms with Gasteiger partial charge in [0.05, 0.1) is 16.7 Å². The summed E-state index contributed by atoms with van der Waals surface area (Å²) in [7, 11) is 0. The van der Waals surface area contributed by atoms with Gasteiger partial charge in [0.1, 0.15) is 11.4 Å². The molecule has 1 aromatic carbocycles. The molecule has 7 heteroatoms. The minimum Gasteiger partial charge on any atom is -0.464 e. The van der Waals surface area contributed by atoms with Gasteiger partial charge < -0.3 is 9.64 Å². The first kappa shape index (κ1) is 23.4. The van der Waals surface area contributed by atoms with Crippen molar-refractivity contribution >= 4 is 46.8 Å². The lowest BCUT2D eigenvalue weighted by Crippen LogP contribution is -2.43. The molecule has 1 aliphatic heterocycles. The molecule has 1 heterocycles. The Morgan fingerprint density at radius 2 is 1.86 bits per heavy atom. The minimum absolute atomic E-state index is 0.00369. The summed E-state index contributed by atoms with van der Waals surface area (Å²) < 4.78 is 5.35. The number of hydrogen-bond donors (Lipinski definition) is 0. The molecule has 1 fully saturated rings. The largest absolute Gasteiger partial charge is 0.464 e. The van der Waals surface area contributed by atoms with Crippen molar-refractivity contribution in [1.29, 1.82) is 0 Å². The number of ether oxygens (including phenoxy) is 1. The second kappa shape index (κ2) is 11.9. The lowest BCUT2D eigenvalue weighted by Gasteiger charge is -2.29. The predicted octanol–water partition coefficient (Wildman–Crippen LogP) is 6.25. The number of amides is 1. The Balaban J connectivity index is 2.14.